The van der Waals surface area contributed by atoms with Crippen LogP contribution in [0.3, 0.4) is 0 Å². The Morgan fingerprint density at radius 1 is 1.12 bits per heavy atom. The molecule has 1 N–H and O–H groups in total. The molecule has 0 bridgehead atoms. The fraction of sp³-hybridized carbons (Fsp3) is 0.571. The van der Waals surface area contributed by atoms with Crippen LogP contribution in [-0.2, 0) is 4.74 Å². The van der Waals surface area contributed by atoms with E-state index < -0.39 is 6.10 Å². The molecule has 1 aromatic carbocycles. The molecule has 2 nitrogen and oxygen atoms in total. The molecular formula is C14H19BrO2. The van der Waals surface area contributed by atoms with E-state index in [2.05, 4.69) is 29.8 Å². The molecule has 1 aliphatic rings. The second-order valence-electron chi connectivity index (χ2n) is 4.98. The molecule has 0 spiro atoms. The Hall–Kier alpha value is -0.380. The fourth-order valence-electron chi connectivity index (χ4n) is 2.72. The summed E-state index contributed by atoms with van der Waals surface area (Å²) in [5.41, 5.74) is 0.967. The minimum atomic E-state index is -0.446. The minimum Gasteiger partial charge on any atom is -0.388 e. The summed E-state index contributed by atoms with van der Waals surface area (Å²) < 4.78 is 6.82. The predicted molar refractivity (Wildman–Crippen MR) is 71.8 cm³/mol. The summed E-state index contributed by atoms with van der Waals surface area (Å²) in [6.07, 6.45) is -0.114. The molecule has 1 aliphatic heterocycles. The van der Waals surface area contributed by atoms with Gasteiger partial charge in [-0.05, 0) is 37.5 Å². The Kier molecular flexibility index (Phi) is 3.91. The van der Waals surface area contributed by atoms with E-state index in [0.29, 0.717) is 5.92 Å². The smallest absolute Gasteiger partial charge is 0.0846 e. The van der Waals surface area contributed by atoms with Gasteiger partial charge < -0.3 is 9.84 Å². The molecule has 0 saturated carbocycles. The van der Waals surface area contributed by atoms with Crippen LogP contribution in [0.5, 0.6) is 0 Å². The Labute approximate surface area is 111 Å². The maximum atomic E-state index is 10.5. The molecule has 2 rings (SSSR count). The van der Waals surface area contributed by atoms with Gasteiger partial charge in [0.1, 0.15) is 0 Å². The highest BCUT2D eigenvalue weighted by atomic mass is 79.9. The van der Waals surface area contributed by atoms with Gasteiger partial charge in [0.05, 0.1) is 18.3 Å². The van der Waals surface area contributed by atoms with Crippen molar-refractivity contribution < 1.29 is 9.84 Å². The fourth-order valence-corrected chi connectivity index (χ4v) is 2.98. The quantitative estimate of drug-likeness (QED) is 0.905. The van der Waals surface area contributed by atoms with Crippen LogP contribution in [0.2, 0.25) is 0 Å². The van der Waals surface area contributed by atoms with Crippen molar-refractivity contribution in [1.82, 2.24) is 0 Å². The largest absolute Gasteiger partial charge is 0.388 e. The SMILES string of the molecule is CC1OC(C)C(C(O)c2ccc(Br)cc2)C1C. The number of ether oxygens (including phenoxy) is 1. The third-order valence-electron chi connectivity index (χ3n) is 3.90. The highest BCUT2D eigenvalue weighted by Gasteiger charge is 2.41. The molecule has 0 radical (unpaired) electrons. The summed E-state index contributed by atoms with van der Waals surface area (Å²) in [5.74, 6) is 0.551. The number of aliphatic hydroxyl groups excluding tert-OH is 1. The molecule has 3 heteroatoms. The molecule has 1 saturated heterocycles. The van der Waals surface area contributed by atoms with Crippen LogP contribution >= 0.6 is 15.9 Å². The highest BCUT2D eigenvalue weighted by molar-refractivity contribution is 9.10. The molecule has 0 aromatic heterocycles. The minimum absolute atomic E-state index is 0.110. The molecule has 1 fully saturated rings. The van der Waals surface area contributed by atoms with Crippen LogP contribution in [0.15, 0.2) is 28.7 Å². The van der Waals surface area contributed by atoms with Crippen LogP contribution in [0.1, 0.15) is 32.4 Å². The van der Waals surface area contributed by atoms with E-state index in [1.54, 1.807) is 0 Å². The van der Waals surface area contributed by atoms with E-state index in [9.17, 15) is 5.11 Å². The summed E-state index contributed by atoms with van der Waals surface area (Å²) in [6.45, 7) is 6.28. The van der Waals surface area contributed by atoms with Gasteiger partial charge in [0.25, 0.3) is 0 Å². The summed E-state index contributed by atoms with van der Waals surface area (Å²) in [7, 11) is 0. The number of rotatable bonds is 2. The topological polar surface area (TPSA) is 29.5 Å². The van der Waals surface area contributed by atoms with Gasteiger partial charge in [0, 0.05) is 10.4 Å². The first-order valence-electron chi connectivity index (χ1n) is 6.09. The lowest BCUT2D eigenvalue weighted by molar-refractivity contribution is 0.0231. The molecule has 5 unspecified atom stereocenters. The van der Waals surface area contributed by atoms with Crippen molar-refractivity contribution in [2.45, 2.75) is 39.1 Å². The summed E-state index contributed by atoms with van der Waals surface area (Å²) in [6, 6.07) is 7.87. The van der Waals surface area contributed by atoms with Crippen molar-refractivity contribution >= 4 is 15.9 Å². The lowest BCUT2D eigenvalue weighted by Crippen LogP contribution is -2.24. The number of benzene rings is 1. The Bertz CT molecular complexity index is 376. The van der Waals surface area contributed by atoms with Gasteiger partial charge >= 0.3 is 0 Å². The van der Waals surface area contributed by atoms with Gasteiger partial charge in [-0.15, -0.1) is 0 Å². The van der Waals surface area contributed by atoms with Crippen LogP contribution in [0.4, 0.5) is 0 Å². The number of hydrogen-bond donors (Lipinski definition) is 1. The van der Waals surface area contributed by atoms with E-state index in [0.717, 1.165) is 10.0 Å². The number of aliphatic hydroxyl groups is 1. The lowest BCUT2D eigenvalue weighted by Gasteiger charge is -2.25. The monoisotopic (exact) mass is 298 g/mol. The molecule has 1 aromatic rings. The molecule has 1 heterocycles. The average Bonchev–Trinajstić information content (AvgIpc) is 2.53. The lowest BCUT2D eigenvalue weighted by atomic mass is 9.82. The van der Waals surface area contributed by atoms with E-state index >= 15 is 0 Å². The van der Waals surface area contributed by atoms with Crippen molar-refractivity contribution in [3.63, 3.8) is 0 Å². The third-order valence-corrected chi connectivity index (χ3v) is 4.42. The second-order valence-corrected chi connectivity index (χ2v) is 5.89. The van der Waals surface area contributed by atoms with Crippen molar-refractivity contribution in [2.24, 2.45) is 11.8 Å². The van der Waals surface area contributed by atoms with Crippen LogP contribution in [0.25, 0.3) is 0 Å². The van der Waals surface area contributed by atoms with Gasteiger partial charge in [0.2, 0.25) is 0 Å². The molecule has 0 amide bonds. The molecule has 5 atom stereocenters. The first-order chi connectivity index (χ1) is 8.00. The zero-order valence-corrected chi connectivity index (χ0v) is 12.0. The normalized spacial score (nSPS) is 34.9. The Morgan fingerprint density at radius 3 is 2.18 bits per heavy atom. The predicted octanol–water partition coefficient (Wildman–Crippen LogP) is 3.54. The summed E-state index contributed by atoms with van der Waals surface area (Å²) in [4.78, 5) is 0. The maximum Gasteiger partial charge on any atom is 0.0846 e. The molecule has 17 heavy (non-hydrogen) atoms. The van der Waals surface area contributed by atoms with Gasteiger partial charge in [-0.25, -0.2) is 0 Å². The zero-order chi connectivity index (χ0) is 12.6. The van der Waals surface area contributed by atoms with Gasteiger partial charge in [-0.1, -0.05) is 35.0 Å². The number of hydrogen-bond acceptors (Lipinski definition) is 2. The summed E-state index contributed by atoms with van der Waals surface area (Å²) in [5, 5.41) is 10.5. The van der Waals surface area contributed by atoms with Crippen molar-refractivity contribution in [1.29, 1.82) is 0 Å². The first-order valence-corrected chi connectivity index (χ1v) is 6.89. The van der Waals surface area contributed by atoms with E-state index in [1.165, 1.54) is 0 Å². The average molecular weight is 299 g/mol. The number of halogens is 1. The van der Waals surface area contributed by atoms with Gasteiger partial charge in [-0.3, -0.25) is 0 Å². The zero-order valence-electron chi connectivity index (χ0n) is 10.4. The highest BCUT2D eigenvalue weighted by Crippen LogP contribution is 2.40. The maximum absolute atomic E-state index is 10.5. The van der Waals surface area contributed by atoms with Crippen molar-refractivity contribution in [3.05, 3.63) is 34.3 Å². The Morgan fingerprint density at radius 2 is 1.71 bits per heavy atom. The first kappa shape index (κ1) is 13.1. The van der Waals surface area contributed by atoms with Crippen molar-refractivity contribution in [2.75, 3.05) is 0 Å². The van der Waals surface area contributed by atoms with Crippen LogP contribution in [0, 0.1) is 11.8 Å². The molecule has 0 aliphatic carbocycles. The molecular weight excluding hydrogens is 280 g/mol. The van der Waals surface area contributed by atoms with E-state index in [4.69, 9.17) is 4.74 Å². The summed E-state index contributed by atoms with van der Waals surface area (Å²) >= 11 is 3.41. The van der Waals surface area contributed by atoms with Crippen LogP contribution < -0.4 is 0 Å². The van der Waals surface area contributed by atoms with Gasteiger partial charge in [-0.2, -0.15) is 0 Å². The second kappa shape index (κ2) is 5.09. The van der Waals surface area contributed by atoms with E-state index in [-0.39, 0.29) is 18.1 Å². The van der Waals surface area contributed by atoms with Crippen LogP contribution in [-0.4, -0.2) is 17.3 Å². The Balaban J connectivity index is 2.19. The van der Waals surface area contributed by atoms with E-state index in [1.807, 2.05) is 31.2 Å². The van der Waals surface area contributed by atoms with Gasteiger partial charge in [0.15, 0.2) is 0 Å². The standard InChI is InChI=1S/C14H19BrO2/c1-8-9(2)17-10(3)13(8)14(16)11-4-6-12(15)7-5-11/h4-10,13-14,16H,1-3H3. The molecule has 94 valence electrons. The third kappa shape index (κ3) is 2.56. The van der Waals surface area contributed by atoms with Crippen molar-refractivity contribution in [3.8, 4) is 0 Å².